The molecule has 1 N–H and O–H groups in total. The first kappa shape index (κ1) is 18.2. The largest absolute Gasteiger partial charge is 0.475 e. The van der Waals surface area contributed by atoms with Crippen LogP contribution < -0.4 is 10.1 Å². The highest BCUT2D eigenvalue weighted by molar-refractivity contribution is 5.89. The molecule has 7 nitrogen and oxygen atoms in total. The molecular weight excluding hydrogens is 354 g/mol. The normalized spacial score (nSPS) is 12.5. The molecule has 144 valence electrons. The van der Waals surface area contributed by atoms with Gasteiger partial charge in [0.25, 0.3) is 5.88 Å². The summed E-state index contributed by atoms with van der Waals surface area (Å²) in [6.07, 6.45) is 9.75. The van der Waals surface area contributed by atoms with Gasteiger partial charge in [-0.2, -0.15) is 0 Å². The molecule has 4 aromatic heterocycles. The number of nitrogens with zero attached hydrogens (tertiary/aromatic N) is 4. The number of hydrogen-bond donors (Lipinski definition) is 1. The van der Waals surface area contributed by atoms with Crippen molar-refractivity contribution in [2.75, 3.05) is 13.2 Å². The lowest BCUT2D eigenvalue weighted by molar-refractivity contribution is 0.315. The number of fused-ring (bicyclic) bond motifs is 2. The van der Waals surface area contributed by atoms with Gasteiger partial charge in [0.05, 0.1) is 24.3 Å². The zero-order chi connectivity index (χ0) is 19.5. The SMILES string of the molecule is C=CCCOc1nc(-c2cc(C(C)NCC)nc3ccoc23)cn2ccnc12. The van der Waals surface area contributed by atoms with Gasteiger partial charge in [0.2, 0.25) is 5.65 Å². The van der Waals surface area contributed by atoms with E-state index in [1.54, 1.807) is 12.5 Å². The monoisotopic (exact) mass is 377 g/mol. The molecule has 0 saturated carbocycles. The molecule has 0 aliphatic heterocycles. The Morgan fingerprint density at radius 1 is 1.39 bits per heavy atom. The van der Waals surface area contributed by atoms with E-state index in [-0.39, 0.29) is 6.04 Å². The number of rotatable bonds is 8. The Morgan fingerprint density at radius 2 is 2.29 bits per heavy atom. The lowest BCUT2D eigenvalue weighted by Gasteiger charge is -2.14. The van der Waals surface area contributed by atoms with Crippen molar-refractivity contribution in [3.8, 4) is 17.1 Å². The van der Waals surface area contributed by atoms with Crippen LogP contribution in [0.15, 0.2) is 54.1 Å². The van der Waals surface area contributed by atoms with Gasteiger partial charge in [-0.05, 0) is 26.0 Å². The molecule has 28 heavy (non-hydrogen) atoms. The predicted octanol–water partition coefficient (Wildman–Crippen LogP) is 4.16. The van der Waals surface area contributed by atoms with Crippen molar-refractivity contribution in [1.82, 2.24) is 24.7 Å². The van der Waals surface area contributed by atoms with Crippen LogP contribution in [0.4, 0.5) is 0 Å². The molecule has 4 rings (SSSR count). The molecule has 0 saturated heterocycles. The maximum absolute atomic E-state index is 5.87. The Kier molecular flexibility index (Phi) is 5.08. The summed E-state index contributed by atoms with van der Waals surface area (Å²) in [5, 5.41) is 3.41. The van der Waals surface area contributed by atoms with Crippen LogP contribution in [-0.2, 0) is 0 Å². The number of ether oxygens (including phenoxy) is 1. The molecule has 0 amide bonds. The first-order valence-corrected chi connectivity index (χ1v) is 9.40. The quantitative estimate of drug-likeness (QED) is 0.367. The molecule has 0 aromatic carbocycles. The van der Waals surface area contributed by atoms with Crippen molar-refractivity contribution in [2.24, 2.45) is 0 Å². The van der Waals surface area contributed by atoms with Gasteiger partial charge in [-0.25, -0.2) is 15.0 Å². The zero-order valence-electron chi connectivity index (χ0n) is 16.1. The Morgan fingerprint density at radius 3 is 3.11 bits per heavy atom. The smallest absolute Gasteiger partial charge is 0.258 e. The number of pyridine rings is 1. The third-order valence-electron chi connectivity index (χ3n) is 4.56. The molecule has 4 aromatic rings. The van der Waals surface area contributed by atoms with Crippen molar-refractivity contribution in [1.29, 1.82) is 0 Å². The van der Waals surface area contributed by atoms with Gasteiger partial charge in [-0.3, -0.25) is 0 Å². The zero-order valence-corrected chi connectivity index (χ0v) is 16.1. The van der Waals surface area contributed by atoms with E-state index in [0.29, 0.717) is 23.7 Å². The van der Waals surface area contributed by atoms with Gasteiger partial charge in [0.1, 0.15) is 5.52 Å². The molecule has 4 heterocycles. The maximum Gasteiger partial charge on any atom is 0.258 e. The van der Waals surface area contributed by atoms with E-state index in [0.717, 1.165) is 35.4 Å². The van der Waals surface area contributed by atoms with E-state index in [4.69, 9.17) is 19.1 Å². The van der Waals surface area contributed by atoms with Crippen LogP contribution in [0, 0.1) is 0 Å². The summed E-state index contributed by atoms with van der Waals surface area (Å²) in [6.45, 7) is 9.27. The van der Waals surface area contributed by atoms with Gasteiger partial charge >= 0.3 is 0 Å². The fourth-order valence-corrected chi connectivity index (χ4v) is 3.17. The van der Waals surface area contributed by atoms with Gasteiger partial charge in [0, 0.05) is 36.3 Å². The Labute approximate surface area is 163 Å². The topological polar surface area (TPSA) is 77.5 Å². The number of aromatic nitrogens is 4. The van der Waals surface area contributed by atoms with Crippen molar-refractivity contribution in [3.63, 3.8) is 0 Å². The van der Waals surface area contributed by atoms with Crippen molar-refractivity contribution < 1.29 is 9.15 Å². The van der Waals surface area contributed by atoms with E-state index in [1.807, 2.05) is 35.0 Å². The van der Waals surface area contributed by atoms with Crippen LogP contribution in [0.1, 0.15) is 32.0 Å². The molecule has 0 spiro atoms. The maximum atomic E-state index is 5.87. The number of hydrogen-bond acceptors (Lipinski definition) is 6. The van der Waals surface area contributed by atoms with Crippen LogP contribution in [0.25, 0.3) is 28.0 Å². The van der Waals surface area contributed by atoms with Gasteiger partial charge in [-0.1, -0.05) is 13.0 Å². The van der Waals surface area contributed by atoms with Gasteiger partial charge < -0.3 is 18.9 Å². The van der Waals surface area contributed by atoms with Crippen molar-refractivity contribution >= 4 is 16.7 Å². The summed E-state index contributed by atoms with van der Waals surface area (Å²) >= 11 is 0. The minimum absolute atomic E-state index is 0.114. The van der Waals surface area contributed by atoms with E-state index in [1.165, 1.54) is 0 Å². The first-order valence-electron chi connectivity index (χ1n) is 9.40. The van der Waals surface area contributed by atoms with Gasteiger partial charge in [-0.15, -0.1) is 6.58 Å². The number of furan rings is 1. The van der Waals surface area contributed by atoms with Crippen LogP contribution in [0.5, 0.6) is 5.88 Å². The second-order valence-corrected chi connectivity index (χ2v) is 6.52. The van der Waals surface area contributed by atoms with Crippen LogP contribution >= 0.6 is 0 Å². The average Bonchev–Trinajstić information content (AvgIpc) is 3.36. The molecule has 1 unspecified atom stereocenters. The molecule has 1 atom stereocenters. The highest BCUT2D eigenvalue weighted by atomic mass is 16.5. The van der Waals surface area contributed by atoms with Crippen molar-refractivity contribution in [3.05, 3.63) is 55.3 Å². The summed E-state index contributed by atoms with van der Waals surface area (Å²) in [5.74, 6) is 0.488. The van der Waals surface area contributed by atoms with E-state index in [9.17, 15) is 0 Å². The molecule has 0 aliphatic rings. The highest BCUT2D eigenvalue weighted by Gasteiger charge is 2.18. The summed E-state index contributed by atoms with van der Waals surface area (Å²) in [5.41, 5.74) is 4.74. The van der Waals surface area contributed by atoms with Crippen LogP contribution in [0.3, 0.4) is 0 Å². The summed E-state index contributed by atoms with van der Waals surface area (Å²) < 4.78 is 13.5. The van der Waals surface area contributed by atoms with Crippen LogP contribution in [0.2, 0.25) is 0 Å². The first-order chi connectivity index (χ1) is 13.7. The second kappa shape index (κ2) is 7.82. The molecule has 7 heteroatoms. The molecule has 0 bridgehead atoms. The summed E-state index contributed by atoms with van der Waals surface area (Å²) in [7, 11) is 0. The Balaban J connectivity index is 1.85. The standard InChI is InChI=1S/C21H23N5O2/c1-4-6-10-28-21-20-23-8-9-26(20)13-18(25-21)15-12-17(14(3)22-5-2)24-16-7-11-27-19(15)16/h4,7-9,11-14,22H,1,5-6,10H2,2-3H3. The summed E-state index contributed by atoms with van der Waals surface area (Å²) in [6, 6.07) is 4.01. The lowest BCUT2D eigenvalue weighted by atomic mass is 10.1. The predicted molar refractivity (Wildman–Crippen MR) is 108 cm³/mol. The fourth-order valence-electron chi connectivity index (χ4n) is 3.17. The third-order valence-corrected chi connectivity index (χ3v) is 4.56. The minimum atomic E-state index is 0.114. The van der Waals surface area contributed by atoms with Gasteiger partial charge in [0.15, 0.2) is 5.58 Å². The lowest BCUT2D eigenvalue weighted by Crippen LogP contribution is -2.18. The second-order valence-electron chi connectivity index (χ2n) is 6.52. The summed E-state index contributed by atoms with van der Waals surface area (Å²) in [4.78, 5) is 13.8. The van der Waals surface area contributed by atoms with Crippen molar-refractivity contribution in [2.45, 2.75) is 26.3 Å². The fraction of sp³-hybridized carbons (Fsp3) is 0.286. The third kappa shape index (κ3) is 3.36. The number of imidazole rings is 1. The molecule has 0 aliphatic carbocycles. The molecule has 0 fully saturated rings. The van der Waals surface area contributed by atoms with E-state index < -0.39 is 0 Å². The highest BCUT2D eigenvalue weighted by Crippen LogP contribution is 2.31. The Hall–Kier alpha value is -3.19. The minimum Gasteiger partial charge on any atom is -0.475 e. The average molecular weight is 377 g/mol. The molecular formula is C21H23N5O2. The van der Waals surface area contributed by atoms with E-state index >= 15 is 0 Å². The number of nitrogens with one attached hydrogen (secondary N) is 1. The van der Waals surface area contributed by atoms with Crippen LogP contribution in [-0.4, -0.2) is 32.5 Å². The van der Waals surface area contributed by atoms with E-state index in [2.05, 4.69) is 30.7 Å². The molecule has 0 radical (unpaired) electrons. The Bertz CT molecular complexity index is 1110.